The molecule has 1 heterocycles. The summed E-state index contributed by atoms with van der Waals surface area (Å²) < 4.78 is 1.06. The van der Waals surface area contributed by atoms with E-state index in [2.05, 4.69) is 46.9 Å². The van der Waals surface area contributed by atoms with Gasteiger partial charge in [-0.05, 0) is 38.5 Å². The fraction of sp³-hybridized carbons (Fsp3) is 0.357. The number of thiazole rings is 1. The third-order valence-corrected chi connectivity index (χ3v) is 4.64. The summed E-state index contributed by atoms with van der Waals surface area (Å²) in [6.07, 6.45) is 0.767. The molecule has 2 N–H and O–H groups in total. The van der Waals surface area contributed by atoms with E-state index in [1.165, 1.54) is 4.88 Å². The molecular weight excluding hydrogens is 308 g/mol. The van der Waals surface area contributed by atoms with Gasteiger partial charge in [-0.3, -0.25) is 0 Å². The van der Waals surface area contributed by atoms with Crippen molar-refractivity contribution in [3.8, 4) is 0 Å². The van der Waals surface area contributed by atoms with Gasteiger partial charge in [-0.15, -0.1) is 11.3 Å². The van der Waals surface area contributed by atoms with Gasteiger partial charge >= 0.3 is 0 Å². The average Bonchev–Trinajstić information content (AvgIpc) is 2.57. The van der Waals surface area contributed by atoms with Crippen LogP contribution in [-0.4, -0.2) is 4.98 Å². The van der Waals surface area contributed by atoms with Gasteiger partial charge in [0.2, 0.25) is 0 Å². The third-order valence-electron chi connectivity index (χ3n) is 3.08. The van der Waals surface area contributed by atoms with Crippen LogP contribution in [0.4, 0.5) is 0 Å². The Morgan fingerprint density at radius 3 is 2.67 bits per heavy atom. The lowest BCUT2D eigenvalue weighted by atomic mass is 9.90. The van der Waals surface area contributed by atoms with Crippen molar-refractivity contribution in [3.63, 3.8) is 0 Å². The van der Waals surface area contributed by atoms with Crippen molar-refractivity contribution in [3.05, 3.63) is 49.9 Å². The first-order valence-corrected chi connectivity index (χ1v) is 7.47. The summed E-state index contributed by atoms with van der Waals surface area (Å²) in [5.74, 6) is 0. The molecule has 1 aromatic heterocycles. The number of nitrogens with zero attached hydrogens (tertiary/aromatic N) is 1. The first-order chi connectivity index (χ1) is 8.38. The minimum Gasteiger partial charge on any atom is -0.321 e. The summed E-state index contributed by atoms with van der Waals surface area (Å²) in [6, 6.07) is 8.17. The zero-order valence-electron chi connectivity index (χ0n) is 10.8. The second kappa shape index (κ2) is 5.11. The maximum absolute atomic E-state index is 6.44. The molecule has 0 aliphatic carbocycles. The van der Waals surface area contributed by atoms with E-state index in [0.717, 1.165) is 27.2 Å². The Labute approximate surface area is 120 Å². The van der Waals surface area contributed by atoms with Crippen molar-refractivity contribution < 1.29 is 0 Å². The largest absolute Gasteiger partial charge is 0.321 e. The number of hydrogen-bond acceptors (Lipinski definition) is 3. The van der Waals surface area contributed by atoms with Gasteiger partial charge in [0.1, 0.15) is 0 Å². The SMILES string of the molecule is Cc1nc(CC(C)(N)c2cccc(Br)c2)sc1C. The standard InChI is InChI=1S/C14H17BrN2S/c1-9-10(2)18-13(17-9)8-14(3,16)11-5-4-6-12(15)7-11/h4-7H,8,16H2,1-3H3. The van der Waals surface area contributed by atoms with Crippen molar-refractivity contribution in [1.82, 2.24) is 4.98 Å². The molecule has 2 aromatic rings. The molecule has 0 bridgehead atoms. The molecule has 2 nitrogen and oxygen atoms in total. The van der Waals surface area contributed by atoms with Gasteiger partial charge in [0.05, 0.1) is 10.7 Å². The van der Waals surface area contributed by atoms with Crippen molar-refractivity contribution in [2.24, 2.45) is 5.73 Å². The number of aromatic nitrogens is 1. The summed E-state index contributed by atoms with van der Waals surface area (Å²) in [5.41, 5.74) is 8.29. The molecule has 2 rings (SSSR count). The Kier molecular flexibility index (Phi) is 3.90. The molecule has 0 aliphatic heterocycles. The van der Waals surface area contributed by atoms with E-state index >= 15 is 0 Å². The second-order valence-electron chi connectivity index (χ2n) is 4.85. The van der Waals surface area contributed by atoms with Gasteiger partial charge in [-0.25, -0.2) is 4.98 Å². The average molecular weight is 325 g/mol. The molecule has 96 valence electrons. The summed E-state index contributed by atoms with van der Waals surface area (Å²) in [4.78, 5) is 5.84. The van der Waals surface area contributed by atoms with Crippen molar-refractivity contribution >= 4 is 27.3 Å². The van der Waals surface area contributed by atoms with Gasteiger partial charge in [0.15, 0.2) is 0 Å². The molecule has 1 atom stereocenters. The fourth-order valence-corrected chi connectivity index (χ4v) is 3.38. The zero-order chi connectivity index (χ0) is 13.3. The molecule has 0 spiro atoms. The number of nitrogens with two attached hydrogens (primary N) is 1. The van der Waals surface area contributed by atoms with Crippen LogP contribution in [0.5, 0.6) is 0 Å². The van der Waals surface area contributed by atoms with Crippen LogP contribution in [0, 0.1) is 13.8 Å². The summed E-state index contributed by atoms with van der Waals surface area (Å²) in [5, 5.41) is 1.11. The van der Waals surface area contributed by atoms with Gasteiger partial charge in [-0.1, -0.05) is 28.1 Å². The Morgan fingerprint density at radius 1 is 1.39 bits per heavy atom. The molecule has 0 radical (unpaired) electrons. The molecule has 0 amide bonds. The number of halogens is 1. The smallest absolute Gasteiger partial charge is 0.0952 e. The predicted octanol–water partition coefficient (Wildman–Crippen LogP) is 3.94. The van der Waals surface area contributed by atoms with E-state index in [1.807, 2.05) is 19.1 Å². The summed E-state index contributed by atoms with van der Waals surface area (Å²) in [6.45, 7) is 6.20. The molecule has 0 aliphatic rings. The Morgan fingerprint density at radius 2 is 2.11 bits per heavy atom. The van der Waals surface area contributed by atoms with E-state index in [-0.39, 0.29) is 5.54 Å². The highest BCUT2D eigenvalue weighted by Gasteiger charge is 2.23. The van der Waals surface area contributed by atoms with Crippen LogP contribution in [0.1, 0.15) is 28.1 Å². The third kappa shape index (κ3) is 2.99. The lowest BCUT2D eigenvalue weighted by molar-refractivity contribution is 0.490. The van der Waals surface area contributed by atoms with Gasteiger partial charge in [-0.2, -0.15) is 0 Å². The van der Waals surface area contributed by atoms with Crippen molar-refractivity contribution in [2.75, 3.05) is 0 Å². The van der Waals surface area contributed by atoms with Crippen LogP contribution < -0.4 is 5.73 Å². The van der Waals surface area contributed by atoms with E-state index in [0.29, 0.717) is 0 Å². The molecular formula is C14H17BrN2S. The number of hydrogen-bond donors (Lipinski definition) is 1. The van der Waals surface area contributed by atoms with E-state index in [1.54, 1.807) is 11.3 Å². The van der Waals surface area contributed by atoms with Crippen LogP contribution in [0.2, 0.25) is 0 Å². The van der Waals surface area contributed by atoms with Crippen LogP contribution in [-0.2, 0) is 12.0 Å². The number of aryl methyl sites for hydroxylation is 2. The monoisotopic (exact) mass is 324 g/mol. The van der Waals surface area contributed by atoms with E-state index in [4.69, 9.17) is 5.73 Å². The lowest BCUT2D eigenvalue weighted by Gasteiger charge is -2.24. The summed E-state index contributed by atoms with van der Waals surface area (Å²) in [7, 11) is 0. The Balaban J connectivity index is 2.26. The number of benzene rings is 1. The predicted molar refractivity (Wildman–Crippen MR) is 81.0 cm³/mol. The maximum atomic E-state index is 6.44. The molecule has 1 aromatic carbocycles. The minimum absolute atomic E-state index is 0.388. The lowest BCUT2D eigenvalue weighted by Crippen LogP contribution is -2.35. The highest BCUT2D eigenvalue weighted by molar-refractivity contribution is 9.10. The quantitative estimate of drug-likeness (QED) is 0.928. The van der Waals surface area contributed by atoms with Crippen molar-refractivity contribution in [2.45, 2.75) is 32.7 Å². The minimum atomic E-state index is -0.388. The zero-order valence-corrected chi connectivity index (χ0v) is 13.2. The molecule has 0 fully saturated rings. The van der Waals surface area contributed by atoms with Crippen molar-refractivity contribution in [1.29, 1.82) is 0 Å². The first kappa shape index (κ1) is 13.7. The highest BCUT2D eigenvalue weighted by Crippen LogP contribution is 2.27. The van der Waals surface area contributed by atoms with Crippen LogP contribution in [0.25, 0.3) is 0 Å². The normalized spacial score (nSPS) is 14.5. The van der Waals surface area contributed by atoms with Gasteiger partial charge in [0.25, 0.3) is 0 Å². The van der Waals surface area contributed by atoms with Crippen LogP contribution in [0.3, 0.4) is 0 Å². The van der Waals surface area contributed by atoms with Gasteiger partial charge in [0, 0.05) is 21.3 Å². The highest BCUT2D eigenvalue weighted by atomic mass is 79.9. The fourth-order valence-electron chi connectivity index (χ4n) is 1.87. The maximum Gasteiger partial charge on any atom is 0.0952 e. The molecule has 0 saturated heterocycles. The van der Waals surface area contributed by atoms with Crippen LogP contribution in [0.15, 0.2) is 28.7 Å². The molecule has 4 heteroatoms. The summed E-state index contributed by atoms with van der Waals surface area (Å²) >= 11 is 5.22. The molecule has 18 heavy (non-hydrogen) atoms. The number of rotatable bonds is 3. The van der Waals surface area contributed by atoms with Crippen LogP contribution >= 0.6 is 27.3 Å². The molecule has 0 saturated carbocycles. The Bertz CT molecular complexity index is 541. The van der Waals surface area contributed by atoms with E-state index in [9.17, 15) is 0 Å². The first-order valence-electron chi connectivity index (χ1n) is 5.86. The van der Waals surface area contributed by atoms with E-state index < -0.39 is 0 Å². The Hall–Kier alpha value is -0.710. The van der Waals surface area contributed by atoms with Gasteiger partial charge < -0.3 is 5.73 Å². The molecule has 1 unspecified atom stereocenters. The topological polar surface area (TPSA) is 38.9 Å². The second-order valence-corrected chi connectivity index (χ2v) is 7.06.